The molecule has 0 saturated heterocycles. The van der Waals surface area contributed by atoms with Gasteiger partial charge in [-0.15, -0.1) is 0 Å². The first kappa shape index (κ1) is 46.7. The van der Waals surface area contributed by atoms with E-state index >= 15 is 0 Å². The fraction of sp³-hybridized carbons (Fsp3) is 0.0270. The molecule has 0 atom stereocenters. The third-order valence-electron chi connectivity index (χ3n) is 15.5. The number of benzene rings is 14. The number of aliphatic hydroxyl groups is 2. The van der Waals surface area contributed by atoms with Crippen LogP contribution in [0.4, 0.5) is 0 Å². The van der Waals surface area contributed by atoms with Crippen molar-refractivity contribution in [2.75, 3.05) is 0 Å². The summed E-state index contributed by atoms with van der Waals surface area (Å²) in [6.07, 6.45) is 0. The van der Waals surface area contributed by atoms with Crippen LogP contribution >= 0.6 is 0 Å². The van der Waals surface area contributed by atoms with E-state index in [0.29, 0.717) is 23.0 Å². The molecule has 0 saturated carbocycles. The molecule has 0 aliphatic rings. The van der Waals surface area contributed by atoms with E-state index in [-0.39, 0.29) is 13.2 Å². The Balaban J connectivity index is 0.992. The molecule has 4 heteroatoms. The van der Waals surface area contributed by atoms with Crippen molar-refractivity contribution in [2.45, 2.75) is 13.2 Å². The molecule has 0 unspecified atom stereocenters. The average Bonchev–Trinajstić information content (AvgIpc) is 3.70. The zero-order valence-corrected chi connectivity index (χ0v) is 42.5. The molecule has 370 valence electrons. The zero-order chi connectivity index (χ0) is 52.1. The van der Waals surface area contributed by atoms with Gasteiger partial charge in [0.2, 0.25) is 0 Å². The summed E-state index contributed by atoms with van der Waals surface area (Å²) in [5, 5.41) is 34.8. The summed E-state index contributed by atoms with van der Waals surface area (Å²) >= 11 is 0. The smallest absolute Gasteiger partial charge is 0.136 e. The van der Waals surface area contributed by atoms with Crippen molar-refractivity contribution in [1.29, 1.82) is 0 Å². The highest BCUT2D eigenvalue weighted by Crippen LogP contribution is 2.50. The van der Waals surface area contributed by atoms with Crippen molar-refractivity contribution in [2.24, 2.45) is 0 Å². The summed E-state index contributed by atoms with van der Waals surface area (Å²) in [4.78, 5) is 0. The molecule has 78 heavy (non-hydrogen) atoms. The second-order valence-corrected chi connectivity index (χ2v) is 20.1. The Bertz CT molecular complexity index is 4360. The van der Waals surface area contributed by atoms with E-state index in [2.05, 4.69) is 218 Å². The van der Waals surface area contributed by atoms with Crippen molar-refractivity contribution >= 4 is 64.6 Å². The van der Waals surface area contributed by atoms with Gasteiger partial charge in [0, 0.05) is 11.1 Å². The molecule has 0 spiro atoms. The van der Waals surface area contributed by atoms with E-state index in [1.165, 1.54) is 21.5 Å². The molecule has 0 radical (unpaired) electrons. The number of hydrogen-bond acceptors (Lipinski definition) is 4. The van der Waals surface area contributed by atoms with Crippen LogP contribution in [0.25, 0.3) is 120 Å². The highest BCUT2D eigenvalue weighted by molar-refractivity contribution is 6.12. The second-order valence-electron chi connectivity index (χ2n) is 20.1. The van der Waals surface area contributed by atoms with Crippen LogP contribution in [0.2, 0.25) is 0 Å². The largest absolute Gasteiger partial charge is 0.457 e. The topological polar surface area (TPSA) is 58.9 Å². The SMILES string of the molecule is OCc1ccc(Oc2ccc3cc(-c4cccc5ccccc45)ccc3c2-c2c(Oc3ccc(CO)c(-c4ccc5ccccc5c4)c3)ccc3cc(-c4cccc5ccccc45)ccc23)cc1-c1ccc2ccccc2c1. The molecule has 0 amide bonds. The normalized spacial score (nSPS) is 11.6. The van der Waals surface area contributed by atoms with E-state index in [4.69, 9.17) is 9.47 Å². The third kappa shape index (κ3) is 8.47. The molecule has 14 rings (SSSR count). The van der Waals surface area contributed by atoms with Gasteiger partial charge in [-0.05, 0) is 181 Å². The van der Waals surface area contributed by atoms with E-state index in [9.17, 15) is 10.2 Å². The Kier molecular flexibility index (Phi) is 11.8. The van der Waals surface area contributed by atoms with Crippen LogP contribution in [0.3, 0.4) is 0 Å². The van der Waals surface area contributed by atoms with Crippen LogP contribution in [0.15, 0.2) is 267 Å². The standard InChI is InChI=1S/C74H50O4/c75-45-59-27-33-61(43-69(59)57-25-23-47-11-1-3-15-51(47)39-57)77-71-37-31-55-41-53(65-21-9-17-49-13-5-7-19-63(49)65)29-35-67(55)73(71)74-68-36-30-54(66-22-10-18-50-14-6-8-20-64(50)66)42-56(68)32-38-72(74)78-62-34-28-60(46-76)70(44-62)58-26-24-48-12-2-4-16-52(48)40-58/h1-44,75-76H,45-46H2. The van der Waals surface area contributed by atoms with Crippen LogP contribution in [-0.2, 0) is 13.2 Å². The van der Waals surface area contributed by atoms with Gasteiger partial charge in [0.25, 0.3) is 0 Å². The predicted octanol–water partition coefficient (Wildman–Crippen LogP) is 19.5. The molecule has 0 fully saturated rings. The van der Waals surface area contributed by atoms with Crippen LogP contribution < -0.4 is 9.47 Å². The minimum Gasteiger partial charge on any atom is -0.457 e. The summed E-state index contributed by atoms with van der Waals surface area (Å²) in [5.74, 6) is 2.54. The maximum absolute atomic E-state index is 10.7. The maximum atomic E-state index is 10.7. The lowest BCUT2D eigenvalue weighted by molar-refractivity contribution is 0.282. The molecule has 0 bridgehead atoms. The first-order valence-corrected chi connectivity index (χ1v) is 26.5. The average molecular weight is 1000 g/mol. The lowest BCUT2D eigenvalue weighted by Crippen LogP contribution is -1.97. The van der Waals surface area contributed by atoms with Crippen LogP contribution in [0.1, 0.15) is 11.1 Å². The van der Waals surface area contributed by atoms with E-state index in [1.54, 1.807) is 0 Å². The number of rotatable bonds is 11. The quantitative estimate of drug-likeness (QED) is 0.136. The molecule has 4 nitrogen and oxygen atoms in total. The van der Waals surface area contributed by atoms with Crippen LogP contribution in [0, 0.1) is 0 Å². The molecule has 0 aliphatic carbocycles. The molecular weight excluding hydrogens is 953 g/mol. The van der Waals surface area contributed by atoms with Gasteiger partial charge in [0.1, 0.15) is 23.0 Å². The summed E-state index contributed by atoms with van der Waals surface area (Å²) < 4.78 is 14.5. The number of hydrogen-bond donors (Lipinski definition) is 2. The van der Waals surface area contributed by atoms with Crippen molar-refractivity contribution in [3.63, 3.8) is 0 Å². The fourth-order valence-corrected chi connectivity index (χ4v) is 11.6. The minimum atomic E-state index is -0.123. The van der Waals surface area contributed by atoms with Gasteiger partial charge in [-0.2, -0.15) is 0 Å². The van der Waals surface area contributed by atoms with Crippen molar-refractivity contribution in [3.05, 3.63) is 278 Å². The first-order valence-electron chi connectivity index (χ1n) is 26.5. The summed E-state index contributed by atoms with van der Waals surface area (Å²) in [5.41, 5.74) is 11.7. The highest BCUT2D eigenvalue weighted by Gasteiger charge is 2.23. The van der Waals surface area contributed by atoms with Crippen molar-refractivity contribution in [3.8, 4) is 78.6 Å². The van der Waals surface area contributed by atoms with E-state index < -0.39 is 0 Å². The molecule has 0 heterocycles. The van der Waals surface area contributed by atoms with Gasteiger partial charge >= 0.3 is 0 Å². The lowest BCUT2D eigenvalue weighted by Gasteiger charge is -2.21. The van der Waals surface area contributed by atoms with Crippen molar-refractivity contribution in [1.82, 2.24) is 0 Å². The lowest BCUT2D eigenvalue weighted by atomic mass is 9.89. The number of fused-ring (bicyclic) bond motifs is 6. The fourth-order valence-electron chi connectivity index (χ4n) is 11.6. The molecule has 2 N–H and O–H groups in total. The Morgan fingerprint density at radius 1 is 0.244 bits per heavy atom. The van der Waals surface area contributed by atoms with E-state index in [0.717, 1.165) is 110 Å². The number of ether oxygens (including phenoxy) is 2. The summed E-state index contributed by atoms with van der Waals surface area (Å²) in [6, 6.07) is 93.4. The summed E-state index contributed by atoms with van der Waals surface area (Å²) in [6.45, 7) is -0.246. The van der Waals surface area contributed by atoms with Gasteiger partial charge in [0.15, 0.2) is 0 Å². The summed E-state index contributed by atoms with van der Waals surface area (Å²) in [7, 11) is 0. The van der Waals surface area contributed by atoms with E-state index in [1.807, 2.05) is 48.5 Å². The van der Waals surface area contributed by atoms with Gasteiger partial charge in [-0.1, -0.05) is 206 Å². The Morgan fingerprint density at radius 2 is 0.603 bits per heavy atom. The highest BCUT2D eigenvalue weighted by atomic mass is 16.5. The van der Waals surface area contributed by atoms with Gasteiger partial charge < -0.3 is 19.7 Å². The van der Waals surface area contributed by atoms with Gasteiger partial charge in [0.05, 0.1) is 13.2 Å². The molecule has 0 aromatic heterocycles. The van der Waals surface area contributed by atoms with Crippen LogP contribution in [-0.4, -0.2) is 10.2 Å². The first-order chi connectivity index (χ1) is 38.5. The Morgan fingerprint density at radius 3 is 1.05 bits per heavy atom. The minimum absolute atomic E-state index is 0.123. The Labute approximate surface area is 451 Å². The molecular formula is C74H50O4. The zero-order valence-electron chi connectivity index (χ0n) is 42.5. The van der Waals surface area contributed by atoms with Crippen molar-refractivity contribution < 1.29 is 19.7 Å². The molecule has 0 aliphatic heterocycles. The number of aliphatic hydroxyl groups excluding tert-OH is 2. The predicted molar refractivity (Wildman–Crippen MR) is 324 cm³/mol. The maximum Gasteiger partial charge on any atom is 0.136 e. The van der Waals surface area contributed by atoms with Gasteiger partial charge in [-0.3, -0.25) is 0 Å². The monoisotopic (exact) mass is 1000 g/mol. The molecule has 14 aromatic rings. The van der Waals surface area contributed by atoms with Gasteiger partial charge in [-0.25, -0.2) is 0 Å². The Hall–Kier alpha value is -9.84. The third-order valence-corrected chi connectivity index (χ3v) is 15.5. The molecule has 14 aromatic carbocycles. The van der Waals surface area contributed by atoms with Crippen LogP contribution in [0.5, 0.6) is 23.0 Å². The second kappa shape index (κ2) is 19.7.